The standard InChI is InChI=1S/C23H18ClN5O3S/c24-17-2-1-3-18(10-17)28-9-8-27(13-21(28)30)22(31)19-12-26-23-29(19)20(14-33(23)32)16-6-4-15(11-25)5-7-16/h1-7,10,12,20H,8-9,13-14H2/t20-,33?/m1/s1. The number of imidazole rings is 1. The van der Waals surface area contributed by atoms with Crippen molar-refractivity contribution in [3.8, 4) is 6.07 Å². The minimum absolute atomic E-state index is 0.0729. The molecule has 0 aliphatic carbocycles. The van der Waals surface area contributed by atoms with Crippen LogP contribution in [0.4, 0.5) is 5.69 Å². The highest BCUT2D eigenvalue weighted by molar-refractivity contribution is 7.85. The summed E-state index contributed by atoms with van der Waals surface area (Å²) in [7, 11) is -1.35. The molecule has 8 nitrogen and oxygen atoms in total. The molecule has 0 bridgehead atoms. The van der Waals surface area contributed by atoms with Crippen molar-refractivity contribution in [2.24, 2.45) is 0 Å². The highest BCUT2D eigenvalue weighted by Crippen LogP contribution is 2.33. The van der Waals surface area contributed by atoms with E-state index in [4.69, 9.17) is 16.9 Å². The van der Waals surface area contributed by atoms with Crippen molar-refractivity contribution in [3.05, 3.63) is 76.6 Å². The molecule has 1 saturated heterocycles. The van der Waals surface area contributed by atoms with Gasteiger partial charge in [0, 0.05) is 23.8 Å². The molecule has 0 saturated carbocycles. The predicted molar refractivity (Wildman–Crippen MR) is 123 cm³/mol. The van der Waals surface area contributed by atoms with Gasteiger partial charge >= 0.3 is 0 Å². The van der Waals surface area contributed by atoms with Crippen LogP contribution in [0.2, 0.25) is 5.02 Å². The summed E-state index contributed by atoms with van der Waals surface area (Å²) in [5.41, 5.74) is 2.36. The van der Waals surface area contributed by atoms with Crippen LogP contribution in [-0.4, -0.2) is 55.9 Å². The number of rotatable bonds is 3. The summed E-state index contributed by atoms with van der Waals surface area (Å²) in [6.07, 6.45) is 1.43. The van der Waals surface area contributed by atoms with Gasteiger partial charge in [0.05, 0.1) is 40.4 Å². The number of carbonyl (C=O) groups excluding carboxylic acids is 2. The number of halogens is 1. The number of anilines is 1. The van der Waals surface area contributed by atoms with E-state index in [9.17, 15) is 13.8 Å². The zero-order valence-corrected chi connectivity index (χ0v) is 18.9. The molecule has 0 spiro atoms. The second-order valence-electron chi connectivity index (χ2n) is 7.81. The van der Waals surface area contributed by atoms with Crippen LogP contribution in [0.5, 0.6) is 0 Å². The number of piperazine rings is 1. The Morgan fingerprint density at radius 3 is 2.67 bits per heavy atom. The topological polar surface area (TPSA) is 99.3 Å². The third-order valence-corrected chi connectivity index (χ3v) is 7.42. The van der Waals surface area contributed by atoms with Crippen LogP contribution in [0.3, 0.4) is 0 Å². The number of aromatic nitrogens is 2. The fourth-order valence-corrected chi connectivity index (χ4v) is 5.79. The normalized spacial score (nSPS) is 19.9. The molecule has 2 amide bonds. The number of benzene rings is 2. The highest BCUT2D eigenvalue weighted by atomic mass is 35.5. The lowest BCUT2D eigenvalue weighted by molar-refractivity contribution is -0.120. The Bertz CT molecular complexity index is 1330. The van der Waals surface area contributed by atoms with E-state index < -0.39 is 10.8 Å². The first-order valence-electron chi connectivity index (χ1n) is 10.3. The number of fused-ring (bicyclic) bond motifs is 1. The molecular formula is C23H18ClN5O3S. The van der Waals surface area contributed by atoms with E-state index in [1.807, 2.05) is 6.07 Å². The third-order valence-electron chi connectivity index (χ3n) is 5.86. The van der Waals surface area contributed by atoms with Crippen molar-refractivity contribution in [3.63, 3.8) is 0 Å². The van der Waals surface area contributed by atoms with Crippen molar-refractivity contribution in [2.75, 3.05) is 30.3 Å². The molecule has 1 fully saturated rings. The summed E-state index contributed by atoms with van der Waals surface area (Å²) in [5.74, 6) is -0.229. The molecule has 33 heavy (non-hydrogen) atoms. The van der Waals surface area contributed by atoms with Crippen LogP contribution in [0.15, 0.2) is 59.9 Å². The molecule has 2 aromatic carbocycles. The fraction of sp³-hybridized carbons (Fsp3) is 0.217. The van der Waals surface area contributed by atoms with E-state index in [1.54, 1.807) is 51.9 Å². The molecule has 10 heteroatoms. The lowest BCUT2D eigenvalue weighted by Crippen LogP contribution is -2.52. The fourth-order valence-electron chi connectivity index (χ4n) is 4.21. The van der Waals surface area contributed by atoms with E-state index in [1.165, 1.54) is 11.1 Å². The van der Waals surface area contributed by atoms with Gasteiger partial charge in [-0.1, -0.05) is 29.8 Å². The van der Waals surface area contributed by atoms with Gasteiger partial charge < -0.3 is 14.4 Å². The summed E-state index contributed by atoms with van der Waals surface area (Å²) in [5, 5.41) is 9.93. The minimum Gasteiger partial charge on any atom is -0.326 e. The first kappa shape index (κ1) is 21.4. The Morgan fingerprint density at radius 1 is 1.18 bits per heavy atom. The third kappa shape index (κ3) is 3.81. The first-order valence-corrected chi connectivity index (χ1v) is 12.0. The summed E-state index contributed by atoms with van der Waals surface area (Å²) >= 11 is 6.05. The predicted octanol–water partition coefficient (Wildman–Crippen LogP) is 2.61. The number of hydrogen-bond donors (Lipinski definition) is 0. The van der Waals surface area contributed by atoms with Crippen molar-refractivity contribution in [1.82, 2.24) is 14.5 Å². The molecule has 2 atom stereocenters. The van der Waals surface area contributed by atoms with Gasteiger partial charge in [0.15, 0.2) is 5.16 Å². The van der Waals surface area contributed by atoms with Crippen LogP contribution in [0.25, 0.3) is 0 Å². The maximum Gasteiger partial charge on any atom is 0.272 e. The van der Waals surface area contributed by atoms with E-state index in [0.29, 0.717) is 46.0 Å². The SMILES string of the molecule is N#Cc1ccc([C@H]2CS(=O)c3ncc(C(=O)N4CCN(c5cccc(Cl)c5)C(=O)C4)n32)cc1. The van der Waals surface area contributed by atoms with Gasteiger partial charge in [0.2, 0.25) is 5.91 Å². The Kier molecular flexibility index (Phi) is 5.48. The Labute approximate surface area is 197 Å². The second kappa shape index (κ2) is 8.46. The molecule has 2 aliphatic rings. The van der Waals surface area contributed by atoms with Crippen molar-refractivity contribution >= 4 is 39.9 Å². The lowest BCUT2D eigenvalue weighted by Gasteiger charge is -2.34. The van der Waals surface area contributed by atoms with Gasteiger partial charge in [0.1, 0.15) is 12.2 Å². The molecule has 0 N–H and O–H groups in total. The molecule has 3 heterocycles. The zero-order chi connectivity index (χ0) is 23.1. The number of nitrogens with zero attached hydrogens (tertiary/aromatic N) is 5. The van der Waals surface area contributed by atoms with Gasteiger partial charge in [-0.15, -0.1) is 0 Å². The van der Waals surface area contributed by atoms with Gasteiger partial charge in [-0.25, -0.2) is 4.98 Å². The average molecular weight is 480 g/mol. The van der Waals surface area contributed by atoms with Crippen LogP contribution in [0, 0.1) is 11.3 Å². The molecule has 1 aromatic heterocycles. The van der Waals surface area contributed by atoms with Crippen LogP contribution < -0.4 is 4.90 Å². The van der Waals surface area contributed by atoms with Crippen LogP contribution in [-0.2, 0) is 15.6 Å². The Hall–Kier alpha value is -3.48. The largest absolute Gasteiger partial charge is 0.326 e. The lowest BCUT2D eigenvalue weighted by atomic mass is 10.1. The van der Waals surface area contributed by atoms with Gasteiger partial charge in [0.25, 0.3) is 5.91 Å². The molecule has 1 unspecified atom stereocenters. The zero-order valence-electron chi connectivity index (χ0n) is 17.3. The number of amides is 2. The van der Waals surface area contributed by atoms with E-state index in [-0.39, 0.29) is 24.4 Å². The Balaban J connectivity index is 1.40. The molecule has 0 radical (unpaired) electrons. The highest BCUT2D eigenvalue weighted by Gasteiger charge is 2.37. The molecule has 166 valence electrons. The maximum atomic E-state index is 13.4. The number of hydrogen-bond acceptors (Lipinski definition) is 5. The van der Waals surface area contributed by atoms with Gasteiger partial charge in [-0.05, 0) is 35.9 Å². The summed E-state index contributed by atoms with van der Waals surface area (Å²) in [4.78, 5) is 33.5. The summed E-state index contributed by atoms with van der Waals surface area (Å²) in [6, 6.07) is 15.8. The minimum atomic E-state index is -1.35. The Morgan fingerprint density at radius 2 is 1.97 bits per heavy atom. The van der Waals surface area contributed by atoms with Crippen molar-refractivity contribution in [2.45, 2.75) is 11.2 Å². The van der Waals surface area contributed by atoms with E-state index in [0.717, 1.165) is 5.56 Å². The number of carbonyl (C=O) groups is 2. The monoisotopic (exact) mass is 479 g/mol. The van der Waals surface area contributed by atoms with Gasteiger partial charge in [-0.3, -0.25) is 13.8 Å². The first-order chi connectivity index (χ1) is 16.0. The summed E-state index contributed by atoms with van der Waals surface area (Å²) < 4.78 is 14.3. The quantitative estimate of drug-likeness (QED) is 0.575. The average Bonchev–Trinajstić information content (AvgIpc) is 3.40. The van der Waals surface area contributed by atoms with Crippen LogP contribution >= 0.6 is 11.6 Å². The van der Waals surface area contributed by atoms with Crippen LogP contribution in [0.1, 0.15) is 27.7 Å². The molecular weight excluding hydrogens is 462 g/mol. The van der Waals surface area contributed by atoms with Crippen molar-refractivity contribution < 1.29 is 13.8 Å². The second-order valence-corrected chi connectivity index (χ2v) is 9.64. The maximum absolute atomic E-state index is 13.4. The smallest absolute Gasteiger partial charge is 0.272 e. The molecule has 3 aromatic rings. The van der Waals surface area contributed by atoms with Crippen molar-refractivity contribution in [1.29, 1.82) is 5.26 Å². The molecule has 2 aliphatic heterocycles. The van der Waals surface area contributed by atoms with E-state index in [2.05, 4.69) is 11.1 Å². The number of nitriles is 1. The van der Waals surface area contributed by atoms with E-state index >= 15 is 0 Å². The summed E-state index contributed by atoms with van der Waals surface area (Å²) in [6.45, 7) is 0.621. The van der Waals surface area contributed by atoms with Gasteiger partial charge in [-0.2, -0.15) is 5.26 Å². The molecule has 5 rings (SSSR count).